The van der Waals surface area contributed by atoms with Crippen LogP contribution < -0.4 is 54.8 Å². The van der Waals surface area contributed by atoms with Gasteiger partial charge in [-0.25, -0.2) is 4.79 Å². The summed E-state index contributed by atoms with van der Waals surface area (Å²) in [7, 11) is 4.81. The Morgan fingerprint density at radius 3 is 2.21 bits per heavy atom. The van der Waals surface area contributed by atoms with Crippen molar-refractivity contribution < 1.29 is 63.4 Å². The molecule has 0 spiro atoms. The van der Waals surface area contributed by atoms with Crippen LogP contribution in [0.25, 0.3) is 0 Å². The van der Waals surface area contributed by atoms with Gasteiger partial charge in [-0.2, -0.15) is 5.06 Å². The van der Waals surface area contributed by atoms with Crippen LogP contribution in [0.15, 0.2) is 66.7 Å². The summed E-state index contributed by atoms with van der Waals surface area (Å²) < 4.78 is 11.2. The molecule has 12 heteroatoms. The zero-order valence-corrected chi connectivity index (χ0v) is 26.6. The number of urea groups is 1. The van der Waals surface area contributed by atoms with Gasteiger partial charge in [-0.3, -0.25) is 4.79 Å². The van der Waals surface area contributed by atoms with Gasteiger partial charge >= 0.3 is 35.6 Å². The molecule has 2 N–H and O–H groups in total. The molecule has 0 unspecified atom stereocenters. The van der Waals surface area contributed by atoms with Crippen molar-refractivity contribution in [1.82, 2.24) is 9.96 Å². The number of carbonyl (C=O) groups excluding carboxylic acids is 3. The number of hydrogen-bond acceptors (Lipinski definition) is 8. The van der Waals surface area contributed by atoms with Gasteiger partial charge in [0.2, 0.25) is 5.91 Å². The number of amides is 3. The van der Waals surface area contributed by atoms with Crippen LogP contribution in [-0.4, -0.2) is 75.4 Å². The summed E-state index contributed by atoms with van der Waals surface area (Å²) >= 11 is 0. The first-order chi connectivity index (χ1) is 19.7. The van der Waals surface area contributed by atoms with Crippen LogP contribution in [0.2, 0.25) is 0 Å². The molecule has 0 fully saturated rings. The fourth-order valence-corrected chi connectivity index (χ4v) is 3.90. The summed E-state index contributed by atoms with van der Waals surface area (Å²) in [4.78, 5) is 43.6. The quantitative estimate of drug-likeness (QED) is 0.199. The molecular weight excluding hydrogens is 551 g/mol. The largest absolute Gasteiger partial charge is 1.00 e. The Morgan fingerprint density at radius 1 is 0.881 bits per heavy atom. The number of hydroxylamine groups is 2. The first kappa shape index (κ1) is 34.6. The number of aromatic carboxylic acids is 1. The molecule has 0 aliphatic carbocycles. The normalized spacial score (nSPS) is 10.4. The van der Waals surface area contributed by atoms with Crippen LogP contribution in [0.1, 0.15) is 21.5 Å². The molecular formula is C30H35N4NaO7. The molecule has 0 aliphatic rings. The zero-order chi connectivity index (χ0) is 29.8. The summed E-state index contributed by atoms with van der Waals surface area (Å²) in [5.74, 6) is -0.494. The smallest absolute Gasteiger partial charge is 0.545 e. The molecule has 0 saturated heterocycles. The van der Waals surface area contributed by atoms with E-state index in [2.05, 4.69) is 10.6 Å². The van der Waals surface area contributed by atoms with Crippen molar-refractivity contribution in [2.45, 2.75) is 13.3 Å². The molecule has 0 heterocycles. The van der Waals surface area contributed by atoms with Crippen LogP contribution in [-0.2, 0) is 16.1 Å². The van der Waals surface area contributed by atoms with Gasteiger partial charge in [0.15, 0.2) is 0 Å². The first-order valence-electron chi connectivity index (χ1n) is 13.0. The van der Waals surface area contributed by atoms with E-state index in [0.717, 1.165) is 5.56 Å². The Balaban J connectivity index is 0.00000616. The summed E-state index contributed by atoms with van der Waals surface area (Å²) in [6.07, 6.45) is 0.100. The Bertz CT molecular complexity index is 1340. The molecule has 3 amide bonds. The van der Waals surface area contributed by atoms with E-state index in [1.165, 1.54) is 19.2 Å². The molecule has 0 radical (unpaired) electrons. The third-order valence-electron chi connectivity index (χ3n) is 6.33. The molecule has 11 nitrogen and oxygen atoms in total. The predicted molar refractivity (Wildman–Crippen MR) is 153 cm³/mol. The van der Waals surface area contributed by atoms with Gasteiger partial charge < -0.3 is 39.7 Å². The maximum Gasteiger partial charge on any atom is 1.00 e. The first-order valence-corrected chi connectivity index (χ1v) is 13.0. The minimum Gasteiger partial charge on any atom is -0.545 e. The summed E-state index contributed by atoms with van der Waals surface area (Å²) in [6, 6.07) is 18.1. The van der Waals surface area contributed by atoms with Crippen molar-refractivity contribution in [3.8, 4) is 11.5 Å². The maximum atomic E-state index is 13.3. The van der Waals surface area contributed by atoms with E-state index in [0.29, 0.717) is 48.1 Å². The fraction of sp³-hybridized carbons (Fsp3) is 0.300. The van der Waals surface area contributed by atoms with Crippen molar-refractivity contribution in [2.24, 2.45) is 0 Å². The van der Waals surface area contributed by atoms with Gasteiger partial charge in [0.05, 0.1) is 38.8 Å². The maximum absolute atomic E-state index is 13.3. The van der Waals surface area contributed by atoms with Crippen LogP contribution in [0, 0.1) is 6.92 Å². The van der Waals surface area contributed by atoms with Gasteiger partial charge in [-0.1, -0.05) is 24.3 Å². The Hall–Kier alpha value is -3.61. The number of carboxylic acids is 1. The topological polar surface area (TPSA) is 132 Å². The number of anilines is 2. The number of methoxy groups -OCH3 is 1. The third-order valence-corrected chi connectivity index (χ3v) is 6.33. The van der Waals surface area contributed by atoms with Crippen molar-refractivity contribution in [1.29, 1.82) is 0 Å². The van der Waals surface area contributed by atoms with Crippen LogP contribution in [0.5, 0.6) is 11.5 Å². The van der Waals surface area contributed by atoms with E-state index >= 15 is 0 Å². The minimum atomic E-state index is -1.26. The van der Waals surface area contributed by atoms with Gasteiger partial charge in [-0.05, 0) is 66.1 Å². The molecule has 0 aromatic heterocycles. The Labute approximate surface area is 268 Å². The van der Waals surface area contributed by atoms with Crippen LogP contribution in [0.3, 0.4) is 0 Å². The Kier molecular flexibility index (Phi) is 14.3. The van der Waals surface area contributed by atoms with Crippen molar-refractivity contribution in [3.05, 3.63) is 83.4 Å². The number of carbonyl (C=O) groups is 3. The minimum absolute atomic E-state index is 0. The predicted octanol–water partition coefficient (Wildman–Crippen LogP) is -0.0416. The molecule has 218 valence electrons. The number of benzene rings is 3. The SMILES string of the molecule is COc1cc(CC(=O)N(CCOc2ccc(C(=O)[O-])cc2)CCN(C)OC)ccc1NC(=O)Nc1ccccc1C.[Na+]. The molecule has 3 aromatic carbocycles. The molecule has 0 bridgehead atoms. The van der Waals surface area contributed by atoms with Crippen molar-refractivity contribution >= 4 is 29.3 Å². The van der Waals surface area contributed by atoms with E-state index in [1.807, 2.05) is 31.2 Å². The number of aryl methyl sites for hydroxylation is 1. The van der Waals surface area contributed by atoms with Crippen molar-refractivity contribution in [3.63, 3.8) is 0 Å². The van der Waals surface area contributed by atoms with E-state index in [1.54, 1.807) is 54.5 Å². The van der Waals surface area contributed by atoms with E-state index in [4.69, 9.17) is 14.3 Å². The van der Waals surface area contributed by atoms with E-state index < -0.39 is 12.0 Å². The number of rotatable bonds is 14. The third kappa shape index (κ3) is 10.7. The zero-order valence-electron chi connectivity index (χ0n) is 24.6. The Morgan fingerprint density at radius 2 is 1.57 bits per heavy atom. The van der Waals surface area contributed by atoms with Crippen LogP contribution in [0.4, 0.5) is 16.2 Å². The summed E-state index contributed by atoms with van der Waals surface area (Å²) in [6.45, 7) is 3.28. The van der Waals surface area contributed by atoms with E-state index in [-0.39, 0.29) is 54.1 Å². The second kappa shape index (κ2) is 17.4. The number of carboxylic acid groups (broad SMARTS) is 1. The molecule has 0 saturated carbocycles. The molecule has 42 heavy (non-hydrogen) atoms. The number of hydrogen-bond donors (Lipinski definition) is 2. The monoisotopic (exact) mass is 586 g/mol. The molecule has 0 aliphatic heterocycles. The van der Waals surface area contributed by atoms with Gasteiger partial charge in [0, 0.05) is 25.8 Å². The molecule has 0 atom stereocenters. The van der Waals surface area contributed by atoms with Gasteiger partial charge in [0.25, 0.3) is 0 Å². The van der Waals surface area contributed by atoms with Crippen LogP contribution >= 0.6 is 0 Å². The van der Waals surface area contributed by atoms with Crippen molar-refractivity contribution in [2.75, 3.05) is 58.1 Å². The summed E-state index contributed by atoms with van der Waals surface area (Å²) in [5, 5.41) is 18.2. The number of ether oxygens (including phenoxy) is 2. The number of nitrogens with one attached hydrogen (secondary N) is 2. The van der Waals surface area contributed by atoms with E-state index in [9.17, 15) is 19.5 Å². The second-order valence-electron chi connectivity index (χ2n) is 9.18. The number of nitrogens with zero attached hydrogens (tertiary/aromatic N) is 2. The van der Waals surface area contributed by atoms with Gasteiger partial charge in [-0.15, -0.1) is 0 Å². The average Bonchev–Trinajstić information content (AvgIpc) is 2.96. The standard InChI is InChI=1S/C30H36N4O7.Na/c1-21-7-5-6-8-25(21)31-30(38)32-26-14-9-22(19-27(26)39-3)20-28(35)34(16-15-33(2)40-4)17-18-41-24-12-10-23(11-13-24)29(36)37;/h5-14,19H,15-18,20H2,1-4H3,(H,36,37)(H2,31,32,38);/q;+1/p-1. The molecule has 3 aromatic rings. The fourth-order valence-electron chi connectivity index (χ4n) is 3.90. The number of para-hydroxylation sites is 1. The molecule has 3 rings (SSSR count). The summed E-state index contributed by atoms with van der Waals surface area (Å²) in [5.41, 5.74) is 2.86. The number of likely N-dealkylation sites (N-methyl/N-ethyl adjacent to an activating group) is 1. The second-order valence-corrected chi connectivity index (χ2v) is 9.18. The van der Waals surface area contributed by atoms with Gasteiger partial charge in [0.1, 0.15) is 18.1 Å². The average molecular weight is 587 g/mol.